The fraction of sp³-hybridized carbons (Fsp3) is 0.417. The summed E-state index contributed by atoms with van der Waals surface area (Å²) in [5.41, 5.74) is 6.91. The average molecular weight is 204 g/mol. The summed E-state index contributed by atoms with van der Waals surface area (Å²) in [4.78, 5) is 11.1. The summed E-state index contributed by atoms with van der Waals surface area (Å²) in [6.45, 7) is 1.78. The molecule has 15 heavy (non-hydrogen) atoms. The number of carbonyl (C=O) groups is 1. The van der Waals surface area contributed by atoms with E-state index in [1.54, 1.807) is 6.07 Å². The Morgan fingerprint density at radius 2 is 2.13 bits per heavy atom. The minimum atomic E-state index is -0.348. The summed E-state index contributed by atoms with van der Waals surface area (Å²) < 4.78 is 0. The van der Waals surface area contributed by atoms with Crippen LogP contribution < -0.4 is 11.1 Å². The Morgan fingerprint density at radius 1 is 1.40 bits per heavy atom. The van der Waals surface area contributed by atoms with Crippen LogP contribution in [0.3, 0.4) is 0 Å². The van der Waals surface area contributed by atoms with Crippen molar-refractivity contribution in [3.63, 3.8) is 0 Å². The van der Waals surface area contributed by atoms with Crippen LogP contribution in [-0.4, -0.2) is 12.5 Å². The van der Waals surface area contributed by atoms with Crippen LogP contribution in [0.15, 0.2) is 24.3 Å². The second-order valence-electron chi connectivity index (χ2n) is 4.10. The minimum absolute atomic E-state index is 0.348. The Kier molecular flexibility index (Phi) is 3.02. The molecule has 0 unspecified atom stereocenters. The zero-order valence-corrected chi connectivity index (χ0v) is 8.70. The zero-order valence-electron chi connectivity index (χ0n) is 8.70. The molecule has 1 aromatic rings. The van der Waals surface area contributed by atoms with Gasteiger partial charge in [-0.1, -0.05) is 18.2 Å². The summed E-state index contributed by atoms with van der Waals surface area (Å²) in [7, 11) is 0. The van der Waals surface area contributed by atoms with Crippen LogP contribution in [0, 0.1) is 5.92 Å². The molecule has 3 nitrogen and oxygen atoms in total. The van der Waals surface area contributed by atoms with E-state index >= 15 is 0 Å². The number of nitrogens with two attached hydrogens (primary N) is 1. The van der Waals surface area contributed by atoms with Crippen LogP contribution >= 0.6 is 0 Å². The van der Waals surface area contributed by atoms with E-state index in [1.165, 1.54) is 12.8 Å². The highest BCUT2D eigenvalue weighted by Crippen LogP contribution is 2.27. The van der Waals surface area contributed by atoms with Crippen molar-refractivity contribution >= 4 is 5.91 Å². The molecular formula is C12H16N2O. The fourth-order valence-corrected chi connectivity index (χ4v) is 1.65. The first kappa shape index (κ1) is 10.2. The monoisotopic (exact) mass is 204 g/mol. The van der Waals surface area contributed by atoms with Crippen molar-refractivity contribution < 1.29 is 4.79 Å². The lowest BCUT2D eigenvalue weighted by atomic mass is 10.1. The number of hydrogen-bond donors (Lipinski definition) is 2. The van der Waals surface area contributed by atoms with Gasteiger partial charge in [0.2, 0.25) is 5.91 Å². The van der Waals surface area contributed by atoms with Crippen molar-refractivity contribution in [2.24, 2.45) is 11.7 Å². The maximum atomic E-state index is 11.1. The minimum Gasteiger partial charge on any atom is -0.366 e. The summed E-state index contributed by atoms with van der Waals surface area (Å²) in [5, 5.41) is 3.35. The fourth-order valence-electron chi connectivity index (χ4n) is 1.65. The predicted molar refractivity (Wildman–Crippen MR) is 59.4 cm³/mol. The molecule has 1 aliphatic rings. The van der Waals surface area contributed by atoms with Gasteiger partial charge in [0.05, 0.1) is 0 Å². The van der Waals surface area contributed by atoms with E-state index in [2.05, 4.69) is 5.32 Å². The molecule has 0 aromatic heterocycles. The van der Waals surface area contributed by atoms with Crippen LogP contribution in [0.2, 0.25) is 0 Å². The van der Waals surface area contributed by atoms with Crippen LogP contribution in [0.1, 0.15) is 28.8 Å². The van der Waals surface area contributed by atoms with Gasteiger partial charge in [0.1, 0.15) is 0 Å². The van der Waals surface area contributed by atoms with Crippen molar-refractivity contribution in [2.45, 2.75) is 19.4 Å². The van der Waals surface area contributed by atoms with Crippen LogP contribution in [0.25, 0.3) is 0 Å². The molecule has 3 heteroatoms. The lowest BCUT2D eigenvalue weighted by Crippen LogP contribution is -2.20. The summed E-state index contributed by atoms with van der Waals surface area (Å²) in [5.74, 6) is 0.504. The van der Waals surface area contributed by atoms with E-state index in [0.717, 1.165) is 24.6 Å². The van der Waals surface area contributed by atoms with Crippen LogP contribution in [0.4, 0.5) is 0 Å². The van der Waals surface area contributed by atoms with Gasteiger partial charge in [-0.3, -0.25) is 4.79 Å². The van der Waals surface area contributed by atoms with Gasteiger partial charge in [0.15, 0.2) is 0 Å². The van der Waals surface area contributed by atoms with Gasteiger partial charge in [-0.05, 0) is 36.9 Å². The van der Waals surface area contributed by atoms with E-state index in [4.69, 9.17) is 5.73 Å². The van der Waals surface area contributed by atoms with Gasteiger partial charge < -0.3 is 11.1 Å². The number of nitrogens with one attached hydrogen (secondary N) is 1. The third-order valence-electron chi connectivity index (χ3n) is 2.73. The molecule has 1 saturated carbocycles. The maximum absolute atomic E-state index is 11.1. The quantitative estimate of drug-likeness (QED) is 0.759. The highest BCUT2D eigenvalue weighted by Gasteiger charge is 2.20. The van der Waals surface area contributed by atoms with Gasteiger partial charge >= 0.3 is 0 Å². The van der Waals surface area contributed by atoms with E-state index < -0.39 is 0 Å². The maximum Gasteiger partial charge on any atom is 0.249 e. The molecule has 1 amide bonds. The molecule has 2 rings (SSSR count). The number of primary amides is 1. The predicted octanol–water partition coefficient (Wildman–Crippen LogP) is 1.29. The number of hydrogen-bond acceptors (Lipinski definition) is 2. The first-order valence-corrected chi connectivity index (χ1v) is 5.36. The Balaban J connectivity index is 1.95. The van der Waals surface area contributed by atoms with E-state index in [9.17, 15) is 4.79 Å². The normalized spacial score (nSPS) is 15.2. The molecule has 0 spiro atoms. The van der Waals surface area contributed by atoms with Crippen molar-refractivity contribution in [1.29, 1.82) is 0 Å². The standard InChI is InChI=1S/C12H16N2O/c13-12(15)11-4-2-1-3-10(11)8-14-7-9-5-6-9/h1-4,9,14H,5-8H2,(H2,13,15). The molecule has 1 fully saturated rings. The van der Waals surface area contributed by atoms with E-state index in [-0.39, 0.29) is 5.91 Å². The van der Waals surface area contributed by atoms with Gasteiger partial charge in [0.25, 0.3) is 0 Å². The topological polar surface area (TPSA) is 55.1 Å². The molecule has 1 aromatic carbocycles. The Bertz CT molecular complexity index is 358. The molecule has 3 N–H and O–H groups in total. The Morgan fingerprint density at radius 3 is 2.80 bits per heavy atom. The Labute approximate surface area is 89.7 Å². The van der Waals surface area contributed by atoms with Crippen molar-refractivity contribution in [3.05, 3.63) is 35.4 Å². The van der Waals surface area contributed by atoms with E-state index in [0.29, 0.717) is 5.56 Å². The molecule has 0 radical (unpaired) electrons. The molecule has 0 bridgehead atoms. The van der Waals surface area contributed by atoms with Crippen molar-refractivity contribution in [1.82, 2.24) is 5.32 Å². The molecule has 80 valence electrons. The lowest BCUT2D eigenvalue weighted by Gasteiger charge is -2.07. The number of amides is 1. The SMILES string of the molecule is NC(=O)c1ccccc1CNCC1CC1. The third kappa shape index (κ3) is 2.80. The van der Waals surface area contributed by atoms with Crippen molar-refractivity contribution in [3.8, 4) is 0 Å². The third-order valence-corrected chi connectivity index (χ3v) is 2.73. The zero-order chi connectivity index (χ0) is 10.7. The van der Waals surface area contributed by atoms with Gasteiger partial charge in [0, 0.05) is 12.1 Å². The Hall–Kier alpha value is -1.35. The smallest absolute Gasteiger partial charge is 0.249 e. The number of benzene rings is 1. The van der Waals surface area contributed by atoms with Crippen LogP contribution in [0.5, 0.6) is 0 Å². The highest BCUT2D eigenvalue weighted by molar-refractivity contribution is 5.94. The number of carbonyl (C=O) groups excluding carboxylic acids is 1. The highest BCUT2D eigenvalue weighted by atomic mass is 16.1. The number of rotatable bonds is 5. The summed E-state index contributed by atoms with van der Waals surface area (Å²) in [6, 6.07) is 7.49. The summed E-state index contributed by atoms with van der Waals surface area (Å²) in [6.07, 6.45) is 2.68. The average Bonchev–Trinajstić information content (AvgIpc) is 3.02. The molecule has 0 heterocycles. The summed E-state index contributed by atoms with van der Waals surface area (Å²) >= 11 is 0. The molecule has 1 aliphatic carbocycles. The van der Waals surface area contributed by atoms with Crippen molar-refractivity contribution in [2.75, 3.05) is 6.54 Å². The van der Waals surface area contributed by atoms with Gasteiger partial charge in [-0.25, -0.2) is 0 Å². The largest absolute Gasteiger partial charge is 0.366 e. The second kappa shape index (κ2) is 4.45. The first-order valence-electron chi connectivity index (χ1n) is 5.36. The molecule has 0 saturated heterocycles. The molecule has 0 aliphatic heterocycles. The van der Waals surface area contributed by atoms with Crippen LogP contribution in [-0.2, 0) is 6.54 Å². The van der Waals surface area contributed by atoms with E-state index in [1.807, 2.05) is 18.2 Å². The van der Waals surface area contributed by atoms with Gasteiger partial charge in [-0.15, -0.1) is 0 Å². The lowest BCUT2D eigenvalue weighted by molar-refractivity contribution is 0.0999. The molecular weight excluding hydrogens is 188 g/mol. The first-order chi connectivity index (χ1) is 7.27. The van der Waals surface area contributed by atoms with Gasteiger partial charge in [-0.2, -0.15) is 0 Å². The molecule has 0 atom stereocenters. The second-order valence-corrected chi connectivity index (χ2v) is 4.10.